The third kappa shape index (κ3) is 3.97. The van der Waals surface area contributed by atoms with Gasteiger partial charge in [-0.05, 0) is 41.8 Å². The van der Waals surface area contributed by atoms with Gasteiger partial charge in [-0.25, -0.2) is 13.4 Å². The molecule has 1 aliphatic heterocycles. The molecule has 0 unspecified atom stereocenters. The second-order valence-electron chi connectivity index (χ2n) is 6.73. The maximum Gasteiger partial charge on any atom is 0.260 e. The zero-order chi connectivity index (χ0) is 21.3. The molecule has 0 radical (unpaired) electrons. The lowest BCUT2D eigenvalue weighted by atomic mass is 10.0. The van der Waals surface area contributed by atoms with Crippen LogP contribution in [0.15, 0.2) is 59.6 Å². The number of nitrogens with zero attached hydrogens (tertiary/aromatic N) is 2. The molecule has 1 aliphatic rings. The summed E-state index contributed by atoms with van der Waals surface area (Å²) in [5.41, 5.74) is 7.61. The molecule has 154 valence electrons. The third-order valence-corrected chi connectivity index (χ3v) is 7.61. The first-order valence-electron chi connectivity index (χ1n) is 9.08. The first kappa shape index (κ1) is 20.2. The molecule has 2 amide bonds. The summed E-state index contributed by atoms with van der Waals surface area (Å²) >= 11 is 0.964. The fourth-order valence-corrected chi connectivity index (χ4v) is 5.30. The minimum absolute atomic E-state index is 0.128. The SMILES string of the molecule is NC(=O)c1cnc(NC(=O)c2ccc(S(=O)(=O)N3CCc4ccccc4C3)cc2)s1. The number of aromatic nitrogens is 1. The molecule has 10 heteroatoms. The summed E-state index contributed by atoms with van der Waals surface area (Å²) in [6.45, 7) is 0.737. The Bertz CT molecular complexity index is 1220. The minimum Gasteiger partial charge on any atom is -0.365 e. The molecule has 30 heavy (non-hydrogen) atoms. The van der Waals surface area contributed by atoms with Crippen LogP contribution in [0, 0.1) is 0 Å². The Hall–Kier alpha value is -3.08. The Balaban J connectivity index is 1.48. The highest BCUT2D eigenvalue weighted by Gasteiger charge is 2.28. The second-order valence-corrected chi connectivity index (χ2v) is 9.70. The van der Waals surface area contributed by atoms with Gasteiger partial charge in [0.05, 0.1) is 11.1 Å². The van der Waals surface area contributed by atoms with Crippen molar-refractivity contribution in [2.75, 3.05) is 11.9 Å². The third-order valence-electron chi connectivity index (χ3n) is 4.82. The zero-order valence-corrected chi connectivity index (χ0v) is 17.4. The molecule has 3 N–H and O–H groups in total. The van der Waals surface area contributed by atoms with Gasteiger partial charge in [-0.15, -0.1) is 0 Å². The molecule has 0 fully saturated rings. The highest BCUT2D eigenvalue weighted by Crippen LogP contribution is 2.25. The molecule has 3 aromatic rings. The first-order valence-corrected chi connectivity index (χ1v) is 11.3. The zero-order valence-electron chi connectivity index (χ0n) is 15.7. The average Bonchev–Trinajstić information content (AvgIpc) is 3.22. The van der Waals surface area contributed by atoms with E-state index in [2.05, 4.69) is 10.3 Å². The summed E-state index contributed by atoms with van der Waals surface area (Å²) in [6, 6.07) is 13.5. The van der Waals surface area contributed by atoms with Crippen molar-refractivity contribution in [2.24, 2.45) is 5.73 Å². The molecular weight excluding hydrogens is 424 g/mol. The number of hydrogen-bond donors (Lipinski definition) is 2. The summed E-state index contributed by atoms with van der Waals surface area (Å²) < 4.78 is 27.5. The smallest absolute Gasteiger partial charge is 0.260 e. The van der Waals surface area contributed by atoms with Crippen molar-refractivity contribution in [3.8, 4) is 0 Å². The lowest BCUT2D eigenvalue weighted by molar-refractivity contribution is 0.100. The van der Waals surface area contributed by atoms with Gasteiger partial charge in [0, 0.05) is 18.7 Å². The average molecular weight is 443 g/mol. The Labute approximate surface area is 177 Å². The predicted molar refractivity (Wildman–Crippen MR) is 113 cm³/mol. The summed E-state index contributed by atoms with van der Waals surface area (Å²) in [5, 5.41) is 2.80. The molecular formula is C20H18N4O4S2. The van der Waals surface area contributed by atoms with Gasteiger partial charge in [0.2, 0.25) is 10.0 Å². The van der Waals surface area contributed by atoms with Gasteiger partial charge in [-0.2, -0.15) is 4.31 Å². The Morgan fingerprint density at radius 3 is 2.43 bits per heavy atom. The van der Waals surface area contributed by atoms with Crippen LogP contribution in [0.4, 0.5) is 5.13 Å². The van der Waals surface area contributed by atoms with Crippen LogP contribution in [0.1, 0.15) is 31.2 Å². The molecule has 1 aromatic heterocycles. The Kier molecular flexibility index (Phi) is 5.37. The molecule has 0 saturated heterocycles. The van der Waals surface area contributed by atoms with Crippen molar-refractivity contribution >= 4 is 38.3 Å². The van der Waals surface area contributed by atoms with Gasteiger partial charge in [-0.1, -0.05) is 35.6 Å². The summed E-state index contributed by atoms with van der Waals surface area (Å²) in [7, 11) is -3.67. The monoisotopic (exact) mass is 442 g/mol. The topological polar surface area (TPSA) is 122 Å². The highest BCUT2D eigenvalue weighted by atomic mass is 32.2. The van der Waals surface area contributed by atoms with Crippen LogP contribution in [0.25, 0.3) is 0 Å². The number of thiazole rings is 1. The molecule has 0 saturated carbocycles. The van der Waals surface area contributed by atoms with E-state index in [-0.39, 0.29) is 20.5 Å². The summed E-state index contributed by atoms with van der Waals surface area (Å²) in [6.07, 6.45) is 1.95. The van der Waals surface area contributed by atoms with Crippen molar-refractivity contribution in [1.29, 1.82) is 0 Å². The number of nitrogens with two attached hydrogens (primary N) is 1. The van der Waals surface area contributed by atoms with Crippen molar-refractivity contribution in [3.05, 3.63) is 76.3 Å². The highest BCUT2D eigenvalue weighted by molar-refractivity contribution is 7.89. The normalized spacial score (nSPS) is 14.1. The number of primary amides is 1. The van der Waals surface area contributed by atoms with Gasteiger partial charge in [-0.3, -0.25) is 14.9 Å². The van der Waals surface area contributed by atoms with Crippen molar-refractivity contribution in [3.63, 3.8) is 0 Å². The van der Waals surface area contributed by atoms with E-state index in [9.17, 15) is 18.0 Å². The first-order chi connectivity index (χ1) is 14.3. The number of hydrogen-bond acceptors (Lipinski definition) is 6. The van der Waals surface area contributed by atoms with E-state index in [4.69, 9.17) is 5.73 Å². The fourth-order valence-electron chi connectivity index (χ4n) is 3.22. The molecule has 0 spiro atoms. The van der Waals surface area contributed by atoms with E-state index in [1.54, 1.807) is 0 Å². The number of benzene rings is 2. The van der Waals surface area contributed by atoms with E-state index in [1.807, 2.05) is 24.3 Å². The van der Waals surface area contributed by atoms with Gasteiger partial charge >= 0.3 is 0 Å². The number of carbonyl (C=O) groups is 2. The van der Waals surface area contributed by atoms with Gasteiger partial charge in [0.25, 0.3) is 11.8 Å². The van der Waals surface area contributed by atoms with Crippen molar-refractivity contribution in [1.82, 2.24) is 9.29 Å². The number of fused-ring (bicyclic) bond motifs is 1. The second kappa shape index (κ2) is 7.98. The van der Waals surface area contributed by atoms with E-state index >= 15 is 0 Å². The Morgan fingerprint density at radius 2 is 1.77 bits per heavy atom. The molecule has 0 aliphatic carbocycles. The molecule has 0 bridgehead atoms. The molecule has 2 heterocycles. The maximum absolute atomic E-state index is 13.0. The van der Waals surface area contributed by atoms with Gasteiger partial charge in [0.1, 0.15) is 4.88 Å². The number of nitrogens with one attached hydrogen (secondary N) is 1. The predicted octanol–water partition coefficient (Wildman–Crippen LogP) is 2.24. The van der Waals surface area contributed by atoms with E-state index < -0.39 is 21.8 Å². The lowest BCUT2D eigenvalue weighted by Crippen LogP contribution is -2.35. The Morgan fingerprint density at radius 1 is 1.07 bits per heavy atom. The number of amides is 2. The minimum atomic E-state index is -3.67. The number of sulfonamides is 1. The van der Waals surface area contributed by atoms with Crippen LogP contribution in [0.2, 0.25) is 0 Å². The van der Waals surface area contributed by atoms with Crippen LogP contribution < -0.4 is 11.1 Å². The van der Waals surface area contributed by atoms with Gasteiger partial charge in [0.15, 0.2) is 5.13 Å². The summed E-state index contributed by atoms with van der Waals surface area (Å²) in [5.74, 6) is -1.08. The fraction of sp³-hybridized carbons (Fsp3) is 0.150. The lowest BCUT2D eigenvalue weighted by Gasteiger charge is -2.28. The summed E-state index contributed by atoms with van der Waals surface area (Å²) in [4.78, 5) is 27.8. The van der Waals surface area contributed by atoms with Crippen LogP contribution in [-0.2, 0) is 23.0 Å². The number of rotatable bonds is 5. The van der Waals surface area contributed by atoms with Crippen LogP contribution >= 0.6 is 11.3 Å². The number of anilines is 1. The molecule has 4 rings (SSSR count). The van der Waals surface area contributed by atoms with Gasteiger partial charge < -0.3 is 5.73 Å². The van der Waals surface area contributed by atoms with Crippen LogP contribution in [-0.4, -0.2) is 36.1 Å². The number of carbonyl (C=O) groups excluding carboxylic acids is 2. The van der Waals surface area contributed by atoms with Crippen molar-refractivity contribution < 1.29 is 18.0 Å². The van der Waals surface area contributed by atoms with Crippen LogP contribution in [0.3, 0.4) is 0 Å². The standard InChI is InChI=1S/C20H18N4O4S2/c21-18(25)17-11-22-20(29-17)23-19(26)14-5-7-16(8-6-14)30(27,28)24-10-9-13-3-1-2-4-15(13)12-24/h1-8,11H,9-10,12H2,(H2,21,25)(H,22,23,26). The molecule has 0 atom stereocenters. The van der Waals surface area contributed by atoms with Crippen molar-refractivity contribution in [2.45, 2.75) is 17.9 Å². The molecule has 2 aromatic carbocycles. The quantitative estimate of drug-likeness (QED) is 0.627. The molecule has 8 nitrogen and oxygen atoms in total. The maximum atomic E-state index is 13.0. The van der Waals surface area contributed by atoms with E-state index in [0.717, 1.165) is 22.5 Å². The van der Waals surface area contributed by atoms with Crippen LogP contribution in [0.5, 0.6) is 0 Å². The van der Waals surface area contributed by atoms with E-state index in [1.165, 1.54) is 34.8 Å². The largest absolute Gasteiger partial charge is 0.365 e. The van der Waals surface area contributed by atoms with E-state index in [0.29, 0.717) is 19.5 Å².